The molecule has 21 heavy (non-hydrogen) atoms. The lowest BCUT2D eigenvalue weighted by molar-refractivity contribution is -0.113. The fourth-order valence-corrected chi connectivity index (χ4v) is 2.03. The number of aromatic amines is 1. The maximum Gasteiger partial charge on any atom is 0.254 e. The van der Waals surface area contributed by atoms with Gasteiger partial charge in [-0.3, -0.25) is 9.59 Å². The van der Waals surface area contributed by atoms with E-state index in [1.807, 2.05) is 6.92 Å². The molecule has 0 saturated heterocycles. The minimum absolute atomic E-state index is 0.148. The van der Waals surface area contributed by atoms with Gasteiger partial charge in [0.1, 0.15) is 17.4 Å². The molecular formula is C14H15ClN4O2. The van der Waals surface area contributed by atoms with Gasteiger partial charge in [0, 0.05) is 11.3 Å². The fourth-order valence-electron chi connectivity index (χ4n) is 1.96. The number of carbonyl (C=O) groups excluding carboxylic acids is 1. The first-order valence-corrected chi connectivity index (χ1v) is 7.01. The Balaban J connectivity index is 2.41. The molecule has 2 heterocycles. The molecule has 2 N–H and O–H groups in total. The second kappa shape index (κ2) is 6.49. The van der Waals surface area contributed by atoms with Crippen molar-refractivity contribution in [3.63, 3.8) is 0 Å². The van der Waals surface area contributed by atoms with Crippen LogP contribution in [0.2, 0.25) is 0 Å². The molecule has 0 atom stereocenters. The van der Waals surface area contributed by atoms with Crippen molar-refractivity contribution in [3.8, 4) is 11.5 Å². The summed E-state index contributed by atoms with van der Waals surface area (Å²) >= 11 is 5.43. The molecule has 0 unspecified atom stereocenters. The molecule has 2 aromatic heterocycles. The summed E-state index contributed by atoms with van der Waals surface area (Å²) in [6.07, 6.45) is 0.619. The van der Waals surface area contributed by atoms with Gasteiger partial charge in [-0.15, -0.1) is 11.6 Å². The second-order valence-electron chi connectivity index (χ2n) is 4.42. The number of H-pyrrole nitrogens is 1. The lowest BCUT2D eigenvalue weighted by atomic mass is 10.2. The summed E-state index contributed by atoms with van der Waals surface area (Å²) in [4.78, 5) is 34.5. The molecule has 0 spiro atoms. The maximum atomic E-state index is 12.0. The molecule has 1 amide bonds. The fraction of sp³-hybridized carbons (Fsp3) is 0.286. The van der Waals surface area contributed by atoms with Crippen LogP contribution < -0.4 is 10.9 Å². The quantitative estimate of drug-likeness (QED) is 0.844. The highest BCUT2D eigenvalue weighted by atomic mass is 35.5. The van der Waals surface area contributed by atoms with Gasteiger partial charge in [-0.25, -0.2) is 9.97 Å². The second-order valence-corrected chi connectivity index (χ2v) is 4.69. The van der Waals surface area contributed by atoms with Crippen LogP contribution in [0.15, 0.2) is 23.0 Å². The minimum atomic E-state index is -0.347. The van der Waals surface area contributed by atoms with Crippen LogP contribution in [0.3, 0.4) is 0 Å². The SMILES string of the molecule is CCc1c(C)nc(-c2cccc(NC(=O)CCl)n2)[nH]c1=O. The van der Waals surface area contributed by atoms with Crippen molar-refractivity contribution in [2.45, 2.75) is 20.3 Å². The Kier molecular flexibility index (Phi) is 4.70. The zero-order valence-corrected chi connectivity index (χ0v) is 12.5. The summed E-state index contributed by atoms with van der Waals surface area (Å²) in [6.45, 7) is 3.69. The topological polar surface area (TPSA) is 87.7 Å². The molecule has 6 nitrogen and oxygen atoms in total. The lowest BCUT2D eigenvalue weighted by Crippen LogP contribution is -2.17. The summed E-state index contributed by atoms with van der Waals surface area (Å²) in [6, 6.07) is 5.06. The van der Waals surface area contributed by atoms with Crippen LogP contribution in [0.25, 0.3) is 11.5 Å². The molecule has 0 radical (unpaired) electrons. The summed E-state index contributed by atoms with van der Waals surface area (Å²) in [5.41, 5.74) is 1.64. The average Bonchev–Trinajstić information content (AvgIpc) is 2.47. The van der Waals surface area contributed by atoms with E-state index < -0.39 is 0 Å². The minimum Gasteiger partial charge on any atom is -0.310 e. The third-order valence-electron chi connectivity index (χ3n) is 2.96. The van der Waals surface area contributed by atoms with Crippen molar-refractivity contribution in [2.24, 2.45) is 0 Å². The molecule has 2 rings (SSSR count). The Bertz CT molecular complexity index is 727. The van der Waals surface area contributed by atoms with Crippen molar-refractivity contribution in [3.05, 3.63) is 39.8 Å². The van der Waals surface area contributed by atoms with Crippen molar-refractivity contribution >= 4 is 23.3 Å². The third kappa shape index (κ3) is 3.46. The van der Waals surface area contributed by atoms with Crippen molar-refractivity contribution in [1.29, 1.82) is 0 Å². The largest absolute Gasteiger partial charge is 0.310 e. The van der Waals surface area contributed by atoms with Crippen LogP contribution in [-0.4, -0.2) is 26.7 Å². The van der Waals surface area contributed by atoms with Crippen LogP contribution in [0.1, 0.15) is 18.2 Å². The summed E-state index contributed by atoms with van der Waals surface area (Å²) in [5.74, 6) is 0.237. The number of hydrogen-bond acceptors (Lipinski definition) is 4. The number of amides is 1. The number of anilines is 1. The van der Waals surface area contributed by atoms with Crippen LogP contribution in [0.4, 0.5) is 5.82 Å². The van der Waals surface area contributed by atoms with E-state index in [9.17, 15) is 9.59 Å². The average molecular weight is 307 g/mol. The molecule has 0 bridgehead atoms. The predicted molar refractivity (Wildman–Crippen MR) is 81.6 cm³/mol. The van der Waals surface area contributed by atoms with Crippen LogP contribution >= 0.6 is 11.6 Å². The zero-order valence-electron chi connectivity index (χ0n) is 11.7. The first kappa shape index (κ1) is 15.2. The molecule has 0 saturated carbocycles. The first-order valence-electron chi connectivity index (χ1n) is 6.48. The smallest absolute Gasteiger partial charge is 0.254 e. The van der Waals surface area contributed by atoms with Gasteiger partial charge in [-0.2, -0.15) is 0 Å². The van der Waals surface area contributed by atoms with Gasteiger partial charge in [-0.05, 0) is 25.5 Å². The standard InChI is InChI=1S/C14H15ClN4O2/c1-3-9-8(2)16-13(19-14(9)21)10-5-4-6-11(17-10)18-12(20)7-15/h4-6H,3,7H2,1-2H3,(H,16,19,21)(H,17,18,20). The lowest BCUT2D eigenvalue weighted by Gasteiger charge is -2.07. The van der Waals surface area contributed by atoms with Gasteiger partial charge < -0.3 is 10.3 Å². The van der Waals surface area contributed by atoms with Gasteiger partial charge in [0.25, 0.3) is 5.56 Å². The van der Waals surface area contributed by atoms with Gasteiger partial charge in [0.2, 0.25) is 5.91 Å². The number of aryl methyl sites for hydroxylation is 1. The van der Waals surface area contributed by atoms with E-state index in [1.54, 1.807) is 25.1 Å². The molecule has 7 heteroatoms. The highest BCUT2D eigenvalue weighted by Crippen LogP contribution is 2.15. The van der Waals surface area contributed by atoms with Crippen molar-refractivity contribution < 1.29 is 4.79 Å². The summed E-state index contributed by atoms with van der Waals surface area (Å²) in [7, 11) is 0. The van der Waals surface area contributed by atoms with E-state index >= 15 is 0 Å². The number of nitrogens with one attached hydrogen (secondary N) is 2. The molecular weight excluding hydrogens is 292 g/mol. The van der Waals surface area contributed by atoms with Crippen LogP contribution in [0.5, 0.6) is 0 Å². The number of aromatic nitrogens is 3. The summed E-state index contributed by atoms with van der Waals surface area (Å²) < 4.78 is 0. The normalized spacial score (nSPS) is 10.4. The van der Waals surface area contributed by atoms with E-state index in [1.165, 1.54) is 0 Å². The number of hydrogen-bond donors (Lipinski definition) is 2. The molecule has 110 valence electrons. The van der Waals surface area contributed by atoms with E-state index in [0.29, 0.717) is 35.0 Å². The third-order valence-corrected chi connectivity index (χ3v) is 3.20. The molecule has 0 fully saturated rings. The van der Waals surface area contributed by atoms with Gasteiger partial charge in [0.15, 0.2) is 5.82 Å². The molecule has 0 aromatic carbocycles. The molecule has 0 aliphatic heterocycles. The molecule has 2 aromatic rings. The van der Waals surface area contributed by atoms with Gasteiger partial charge in [-0.1, -0.05) is 13.0 Å². The van der Waals surface area contributed by atoms with Crippen LogP contribution in [0, 0.1) is 6.92 Å². The predicted octanol–water partition coefficient (Wildman–Crippen LogP) is 1.88. The number of alkyl halides is 1. The molecule has 0 aliphatic carbocycles. The number of rotatable bonds is 4. The Hall–Kier alpha value is -2.21. The number of carbonyl (C=O) groups is 1. The Morgan fingerprint density at radius 2 is 2.14 bits per heavy atom. The van der Waals surface area contributed by atoms with Gasteiger partial charge in [0.05, 0.1) is 0 Å². The number of pyridine rings is 1. The van der Waals surface area contributed by atoms with Crippen molar-refractivity contribution in [1.82, 2.24) is 15.0 Å². The van der Waals surface area contributed by atoms with E-state index in [-0.39, 0.29) is 17.3 Å². The zero-order chi connectivity index (χ0) is 15.4. The maximum absolute atomic E-state index is 12.0. The first-order chi connectivity index (χ1) is 10.0. The van der Waals surface area contributed by atoms with Crippen molar-refractivity contribution in [2.75, 3.05) is 11.2 Å². The van der Waals surface area contributed by atoms with Gasteiger partial charge >= 0.3 is 0 Å². The highest BCUT2D eigenvalue weighted by molar-refractivity contribution is 6.29. The summed E-state index contributed by atoms with van der Waals surface area (Å²) in [5, 5.41) is 2.55. The Labute approximate surface area is 126 Å². The number of nitrogens with zero attached hydrogens (tertiary/aromatic N) is 2. The van der Waals surface area contributed by atoms with E-state index in [2.05, 4.69) is 20.3 Å². The van der Waals surface area contributed by atoms with E-state index in [4.69, 9.17) is 11.6 Å². The Morgan fingerprint density at radius 3 is 2.76 bits per heavy atom. The Morgan fingerprint density at radius 1 is 1.38 bits per heavy atom. The highest BCUT2D eigenvalue weighted by Gasteiger charge is 2.10. The van der Waals surface area contributed by atoms with Crippen LogP contribution in [-0.2, 0) is 11.2 Å². The number of halogens is 1. The van der Waals surface area contributed by atoms with E-state index in [0.717, 1.165) is 0 Å². The monoisotopic (exact) mass is 306 g/mol. The molecule has 0 aliphatic rings.